The molecule has 1 aliphatic heterocycles. The molecule has 2 heterocycles. The maximum Gasteiger partial charge on any atom is 0.191 e. The van der Waals surface area contributed by atoms with Gasteiger partial charge in [0.1, 0.15) is 0 Å². The molecule has 1 aromatic heterocycles. The van der Waals surface area contributed by atoms with Gasteiger partial charge < -0.3 is 15.4 Å². The van der Waals surface area contributed by atoms with Gasteiger partial charge in [0, 0.05) is 50.5 Å². The highest BCUT2D eigenvalue weighted by Gasteiger charge is 2.23. The summed E-state index contributed by atoms with van der Waals surface area (Å²) in [5, 5.41) is 6.76. The molecular weight excluding hydrogens is 314 g/mol. The van der Waals surface area contributed by atoms with Gasteiger partial charge in [-0.05, 0) is 25.0 Å². The molecule has 0 bridgehead atoms. The van der Waals surface area contributed by atoms with E-state index >= 15 is 0 Å². The Morgan fingerprint density at radius 2 is 2.08 bits per heavy atom. The van der Waals surface area contributed by atoms with Crippen molar-refractivity contribution in [2.75, 3.05) is 45.9 Å². The Bertz CT molecular complexity index is 500. The van der Waals surface area contributed by atoms with E-state index in [1.165, 1.54) is 0 Å². The number of guanidine groups is 1. The topological polar surface area (TPSA) is 61.8 Å². The molecule has 0 aliphatic carbocycles. The molecule has 6 heteroatoms. The molecule has 1 aromatic rings. The summed E-state index contributed by atoms with van der Waals surface area (Å²) < 4.78 is 5.48. The number of ether oxygens (including phenoxy) is 1. The number of hydrogen-bond donors (Lipinski definition) is 2. The van der Waals surface area contributed by atoms with Gasteiger partial charge in [-0.25, -0.2) is 0 Å². The number of aromatic nitrogens is 1. The fourth-order valence-corrected chi connectivity index (χ4v) is 3.04. The summed E-state index contributed by atoms with van der Waals surface area (Å²) in [6.45, 7) is 12.8. The Morgan fingerprint density at radius 1 is 1.28 bits per heavy atom. The highest BCUT2D eigenvalue weighted by molar-refractivity contribution is 5.79. The third-order valence-corrected chi connectivity index (χ3v) is 4.46. The molecule has 0 saturated carbocycles. The van der Waals surface area contributed by atoms with Crippen LogP contribution in [0, 0.1) is 5.92 Å². The number of rotatable bonds is 8. The standard InChI is InChI=1S/C19H33N5O/c1-4-20-19(22-10-8-17-7-5-6-9-21-17)23-15-18(16(2)3)24-11-13-25-14-12-24/h5-7,9,16,18H,4,8,10-15H2,1-3H3,(H2,20,22,23). The fraction of sp³-hybridized carbons (Fsp3) is 0.684. The second-order valence-corrected chi connectivity index (χ2v) is 6.68. The largest absolute Gasteiger partial charge is 0.379 e. The minimum atomic E-state index is 0.454. The summed E-state index contributed by atoms with van der Waals surface area (Å²) in [5.74, 6) is 1.45. The molecule has 1 atom stereocenters. The maximum absolute atomic E-state index is 5.48. The van der Waals surface area contributed by atoms with E-state index in [9.17, 15) is 0 Å². The van der Waals surface area contributed by atoms with Crippen molar-refractivity contribution in [2.45, 2.75) is 33.2 Å². The SMILES string of the molecule is CCNC(=NCC(C(C)C)N1CCOCC1)NCCc1ccccn1. The molecule has 2 rings (SSSR count). The molecule has 0 spiro atoms. The van der Waals surface area contributed by atoms with Crippen LogP contribution in [0.3, 0.4) is 0 Å². The van der Waals surface area contributed by atoms with Crippen LogP contribution in [0.25, 0.3) is 0 Å². The third kappa shape index (κ3) is 7.00. The van der Waals surface area contributed by atoms with E-state index in [1.54, 1.807) is 0 Å². The van der Waals surface area contributed by atoms with Gasteiger partial charge in [0.2, 0.25) is 0 Å². The van der Waals surface area contributed by atoms with Crippen molar-refractivity contribution in [3.8, 4) is 0 Å². The number of morpholine rings is 1. The summed E-state index contributed by atoms with van der Waals surface area (Å²) in [6, 6.07) is 6.48. The normalized spacial score (nSPS) is 17.5. The molecule has 0 amide bonds. The lowest BCUT2D eigenvalue weighted by molar-refractivity contribution is 0.00867. The number of pyridine rings is 1. The molecular formula is C19H33N5O. The molecule has 0 aromatic carbocycles. The van der Waals surface area contributed by atoms with Crippen molar-refractivity contribution in [2.24, 2.45) is 10.9 Å². The van der Waals surface area contributed by atoms with Crippen LogP contribution >= 0.6 is 0 Å². The monoisotopic (exact) mass is 347 g/mol. The molecule has 140 valence electrons. The summed E-state index contributed by atoms with van der Waals surface area (Å²) >= 11 is 0. The quantitative estimate of drug-likeness (QED) is 0.552. The van der Waals surface area contributed by atoms with Gasteiger partial charge >= 0.3 is 0 Å². The van der Waals surface area contributed by atoms with Gasteiger partial charge in [0.25, 0.3) is 0 Å². The molecule has 0 radical (unpaired) electrons. The lowest BCUT2D eigenvalue weighted by atomic mass is 10.0. The van der Waals surface area contributed by atoms with E-state index in [0.29, 0.717) is 12.0 Å². The van der Waals surface area contributed by atoms with Crippen molar-refractivity contribution < 1.29 is 4.74 Å². The van der Waals surface area contributed by atoms with Gasteiger partial charge in [0.15, 0.2) is 5.96 Å². The first-order chi connectivity index (χ1) is 12.2. The number of nitrogens with one attached hydrogen (secondary N) is 2. The zero-order valence-corrected chi connectivity index (χ0v) is 15.9. The summed E-state index contributed by atoms with van der Waals surface area (Å²) in [4.78, 5) is 11.7. The Hall–Kier alpha value is -1.66. The first-order valence-corrected chi connectivity index (χ1v) is 9.44. The lowest BCUT2D eigenvalue weighted by Gasteiger charge is -2.36. The maximum atomic E-state index is 5.48. The average Bonchev–Trinajstić information content (AvgIpc) is 2.63. The highest BCUT2D eigenvalue weighted by Crippen LogP contribution is 2.13. The van der Waals surface area contributed by atoms with Crippen LogP contribution in [0.1, 0.15) is 26.5 Å². The van der Waals surface area contributed by atoms with Crippen molar-refractivity contribution in [1.82, 2.24) is 20.5 Å². The zero-order valence-electron chi connectivity index (χ0n) is 15.9. The second kappa shape index (κ2) is 11.1. The van der Waals surface area contributed by atoms with Gasteiger partial charge in [-0.3, -0.25) is 14.9 Å². The van der Waals surface area contributed by atoms with Crippen molar-refractivity contribution in [3.05, 3.63) is 30.1 Å². The predicted octanol–water partition coefficient (Wildman–Crippen LogP) is 1.54. The van der Waals surface area contributed by atoms with Crippen molar-refractivity contribution >= 4 is 5.96 Å². The Morgan fingerprint density at radius 3 is 2.72 bits per heavy atom. The molecule has 1 unspecified atom stereocenters. The van der Waals surface area contributed by atoms with Gasteiger partial charge in [-0.15, -0.1) is 0 Å². The lowest BCUT2D eigenvalue weighted by Crippen LogP contribution is -2.48. The Kier molecular flexibility index (Phi) is 8.69. The van der Waals surface area contributed by atoms with E-state index in [4.69, 9.17) is 9.73 Å². The van der Waals surface area contributed by atoms with Gasteiger partial charge in [-0.2, -0.15) is 0 Å². The minimum absolute atomic E-state index is 0.454. The van der Waals surface area contributed by atoms with Crippen molar-refractivity contribution in [3.63, 3.8) is 0 Å². The van der Waals surface area contributed by atoms with E-state index in [2.05, 4.69) is 47.4 Å². The van der Waals surface area contributed by atoms with E-state index in [0.717, 1.165) is 64.0 Å². The third-order valence-electron chi connectivity index (χ3n) is 4.46. The summed E-state index contributed by atoms with van der Waals surface area (Å²) in [5.41, 5.74) is 1.10. The smallest absolute Gasteiger partial charge is 0.191 e. The van der Waals surface area contributed by atoms with Crippen LogP contribution in [0.2, 0.25) is 0 Å². The number of hydrogen-bond acceptors (Lipinski definition) is 4. The molecule has 1 saturated heterocycles. The number of aliphatic imine (C=N–C) groups is 1. The first kappa shape index (κ1) is 19.7. The van der Waals surface area contributed by atoms with Crippen LogP contribution in [0.5, 0.6) is 0 Å². The van der Waals surface area contributed by atoms with Gasteiger partial charge in [0.05, 0.1) is 19.8 Å². The van der Waals surface area contributed by atoms with Crippen molar-refractivity contribution in [1.29, 1.82) is 0 Å². The Balaban J connectivity index is 1.87. The van der Waals surface area contributed by atoms with E-state index < -0.39 is 0 Å². The van der Waals surface area contributed by atoms with Crippen LogP contribution in [-0.2, 0) is 11.2 Å². The summed E-state index contributed by atoms with van der Waals surface area (Å²) in [6.07, 6.45) is 2.73. The summed E-state index contributed by atoms with van der Waals surface area (Å²) in [7, 11) is 0. The van der Waals surface area contributed by atoms with Crippen LogP contribution in [0.4, 0.5) is 0 Å². The predicted molar refractivity (Wildman–Crippen MR) is 103 cm³/mol. The zero-order chi connectivity index (χ0) is 17.9. The molecule has 6 nitrogen and oxygen atoms in total. The highest BCUT2D eigenvalue weighted by atomic mass is 16.5. The van der Waals surface area contributed by atoms with Gasteiger partial charge in [-0.1, -0.05) is 19.9 Å². The van der Waals surface area contributed by atoms with Crippen LogP contribution in [0.15, 0.2) is 29.4 Å². The molecule has 1 fully saturated rings. The molecule has 2 N–H and O–H groups in total. The van der Waals surface area contributed by atoms with E-state index in [-0.39, 0.29) is 0 Å². The second-order valence-electron chi connectivity index (χ2n) is 6.68. The van der Waals surface area contributed by atoms with Crippen LogP contribution < -0.4 is 10.6 Å². The minimum Gasteiger partial charge on any atom is -0.379 e. The van der Waals surface area contributed by atoms with Crippen LogP contribution in [-0.4, -0.2) is 67.8 Å². The molecule has 25 heavy (non-hydrogen) atoms. The number of nitrogens with zero attached hydrogens (tertiary/aromatic N) is 3. The molecule has 1 aliphatic rings. The fourth-order valence-electron chi connectivity index (χ4n) is 3.04. The Labute approximate surface area is 152 Å². The average molecular weight is 348 g/mol. The first-order valence-electron chi connectivity index (χ1n) is 9.44. The van der Waals surface area contributed by atoms with E-state index in [1.807, 2.05) is 18.3 Å².